The summed E-state index contributed by atoms with van der Waals surface area (Å²) in [5.74, 6) is 0. The van der Waals surface area contributed by atoms with Crippen LogP contribution in [0.3, 0.4) is 0 Å². The third-order valence-corrected chi connectivity index (χ3v) is 5.42. The van der Waals surface area contributed by atoms with Gasteiger partial charge < -0.3 is 9.72 Å². The SMILES string of the molecule is CNc1cn2c(C)cccc2c1S(=O)(=O)c1ccccc1. The summed E-state index contributed by atoms with van der Waals surface area (Å²) in [5, 5.41) is 2.99. The second kappa shape index (κ2) is 4.93. The fourth-order valence-corrected chi connectivity index (χ4v) is 4.13. The van der Waals surface area contributed by atoms with Crippen LogP contribution in [-0.2, 0) is 9.84 Å². The summed E-state index contributed by atoms with van der Waals surface area (Å²) in [7, 11) is -1.83. The van der Waals surface area contributed by atoms with Gasteiger partial charge in [-0.2, -0.15) is 0 Å². The van der Waals surface area contributed by atoms with Crippen LogP contribution in [0, 0.1) is 6.92 Å². The summed E-state index contributed by atoms with van der Waals surface area (Å²) < 4.78 is 27.8. The summed E-state index contributed by atoms with van der Waals surface area (Å²) in [4.78, 5) is 0.621. The quantitative estimate of drug-likeness (QED) is 0.808. The first-order valence-corrected chi connectivity index (χ1v) is 8.12. The maximum absolute atomic E-state index is 12.9. The predicted molar refractivity (Wildman–Crippen MR) is 83.6 cm³/mol. The molecule has 0 aliphatic rings. The van der Waals surface area contributed by atoms with Crippen LogP contribution in [0.2, 0.25) is 0 Å². The van der Waals surface area contributed by atoms with Gasteiger partial charge in [0.2, 0.25) is 9.84 Å². The lowest BCUT2D eigenvalue weighted by Crippen LogP contribution is -2.04. The highest BCUT2D eigenvalue weighted by Gasteiger charge is 2.25. The maximum Gasteiger partial charge on any atom is 0.210 e. The van der Waals surface area contributed by atoms with Crippen LogP contribution in [0.4, 0.5) is 5.69 Å². The number of nitrogens with zero attached hydrogens (tertiary/aromatic N) is 1. The Kier molecular flexibility index (Phi) is 3.22. The zero-order valence-corrected chi connectivity index (χ0v) is 12.7. The first kappa shape index (κ1) is 13.7. The first-order chi connectivity index (χ1) is 10.1. The average molecular weight is 300 g/mol. The number of hydrogen-bond acceptors (Lipinski definition) is 3. The molecule has 0 aliphatic heterocycles. The number of pyridine rings is 1. The second-order valence-electron chi connectivity index (χ2n) is 4.86. The van der Waals surface area contributed by atoms with E-state index in [1.54, 1.807) is 37.4 Å². The van der Waals surface area contributed by atoms with Crippen molar-refractivity contribution in [2.45, 2.75) is 16.7 Å². The second-order valence-corrected chi connectivity index (χ2v) is 6.75. The molecule has 3 rings (SSSR count). The van der Waals surface area contributed by atoms with Crippen molar-refractivity contribution in [3.8, 4) is 0 Å². The van der Waals surface area contributed by atoms with E-state index in [0.717, 1.165) is 5.69 Å². The molecule has 0 radical (unpaired) electrons. The molecule has 1 N–H and O–H groups in total. The molecule has 21 heavy (non-hydrogen) atoms. The summed E-state index contributed by atoms with van der Waals surface area (Å²) in [6, 6.07) is 14.1. The van der Waals surface area contributed by atoms with E-state index in [0.29, 0.717) is 21.0 Å². The van der Waals surface area contributed by atoms with E-state index < -0.39 is 9.84 Å². The summed E-state index contributed by atoms with van der Waals surface area (Å²) in [5.41, 5.74) is 2.27. The molecule has 0 bridgehead atoms. The lowest BCUT2D eigenvalue weighted by atomic mass is 10.3. The molecule has 0 saturated heterocycles. The van der Waals surface area contributed by atoms with Crippen LogP contribution in [0.5, 0.6) is 0 Å². The number of hydrogen-bond donors (Lipinski definition) is 1. The minimum absolute atomic E-state index is 0.302. The third kappa shape index (κ3) is 2.10. The number of rotatable bonds is 3. The predicted octanol–water partition coefficient (Wildman–Crippen LogP) is 3.12. The van der Waals surface area contributed by atoms with E-state index in [2.05, 4.69) is 5.32 Å². The molecule has 2 aromatic heterocycles. The average Bonchev–Trinajstić information content (AvgIpc) is 2.89. The summed E-state index contributed by atoms with van der Waals surface area (Å²) in [6.07, 6.45) is 1.82. The molecule has 0 amide bonds. The van der Waals surface area contributed by atoms with Crippen LogP contribution in [-0.4, -0.2) is 19.9 Å². The van der Waals surface area contributed by atoms with Gasteiger partial charge >= 0.3 is 0 Å². The van der Waals surface area contributed by atoms with Crippen LogP contribution in [0.1, 0.15) is 5.69 Å². The van der Waals surface area contributed by atoms with Crippen molar-refractivity contribution >= 4 is 21.0 Å². The molecule has 2 heterocycles. The van der Waals surface area contributed by atoms with E-state index in [9.17, 15) is 8.42 Å². The Balaban J connectivity index is 2.37. The van der Waals surface area contributed by atoms with Gasteiger partial charge in [0.15, 0.2) is 0 Å². The lowest BCUT2D eigenvalue weighted by molar-refractivity contribution is 0.597. The Morgan fingerprint density at radius 1 is 1.00 bits per heavy atom. The fourth-order valence-electron chi connectivity index (χ4n) is 2.49. The number of benzene rings is 1. The van der Waals surface area contributed by atoms with Crippen molar-refractivity contribution in [1.82, 2.24) is 4.40 Å². The van der Waals surface area contributed by atoms with Gasteiger partial charge in [0.05, 0.1) is 16.1 Å². The Morgan fingerprint density at radius 3 is 2.38 bits per heavy atom. The first-order valence-electron chi connectivity index (χ1n) is 6.64. The topological polar surface area (TPSA) is 50.6 Å². The van der Waals surface area contributed by atoms with Crippen LogP contribution < -0.4 is 5.32 Å². The number of sulfone groups is 1. The highest BCUT2D eigenvalue weighted by Crippen LogP contribution is 2.33. The van der Waals surface area contributed by atoms with Crippen molar-refractivity contribution in [2.24, 2.45) is 0 Å². The molecule has 0 spiro atoms. The van der Waals surface area contributed by atoms with Gasteiger partial charge in [-0.1, -0.05) is 24.3 Å². The molecule has 0 saturated carbocycles. The largest absolute Gasteiger partial charge is 0.386 e. The molecule has 0 atom stereocenters. The number of fused-ring (bicyclic) bond motifs is 1. The Bertz CT molecular complexity index is 897. The maximum atomic E-state index is 12.9. The zero-order chi connectivity index (χ0) is 15.0. The molecule has 1 aromatic carbocycles. The Morgan fingerprint density at radius 2 is 1.71 bits per heavy atom. The minimum atomic E-state index is -3.57. The van der Waals surface area contributed by atoms with Crippen molar-refractivity contribution < 1.29 is 8.42 Å². The molecule has 0 fully saturated rings. The monoisotopic (exact) mass is 300 g/mol. The molecular formula is C16H16N2O2S. The van der Waals surface area contributed by atoms with Crippen molar-refractivity contribution in [2.75, 3.05) is 12.4 Å². The molecule has 0 aliphatic carbocycles. The molecule has 108 valence electrons. The van der Waals surface area contributed by atoms with Gasteiger partial charge in [-0.15, -0.1) is 0 Å². The molecular weight excluding hydrogens is 284 g/mol. The van der Waals surface area contributed by atoms with Crippen LogP contribution in [0.15, 0.2) is 64.5 Å². The van der Waals surface area contributed by atoms with Gasteiger partial charge in [-0.3, -0.25) is 0 Å². The van der Waals surface area contributed by atoms with Gasteiger partial charge in [-0.05, 0) is 31.2 Å². The zero-order valence-electron chi connectivity index (χ0n) is 11.9. The lowest BCUT2D eigenvalue weighted by Gasteiger charge is -2.07. The van der Waals surface area contributed by atoms with E-state index >= 15 is 0 Å². The van der Waals surface area contributed by atoms with Crippen LogP contribution in [0.25, 0.3) is 5.52 Å². The highest BCUT2D eigenvalue weighted by molar-refractivity contribution is 7.91. The van der Waals surface area contributed by atoms with E-state index in [1.165, 1.54) is 0 Å². The minimum Gasteiger partial charge on any atom is -0.386 e. The third-order valence-electron chi connectivity index (χ3n) is 3.56. The Labute approximate surface area is 124 Å². The van der Waals surface area contributed by atoms with Gasteiger partial charge in [-0.25, -0.2) is 8.42 Å². The molecule has 5 heteroatoms. The smallest absolute Gasteiger partial charge is 0.210 e. The summed E-state index contributed by atoms with van der Waals surface area (Å²) in [6.45, 7) is 1.95. The standard InChI is InChI=1S/C16H16N2O2S/c1-12-7-6-10-15-16(14(17-2)11-18(12)15)21(19,20)13-8-4-3-5-9-13/h3-11,17H,1-2H3. The highest BCUT2D eigenvalue weighted by atomic mass is 32.2. The fraction of sp³-hybridized carbons (Fsp3) is 0.125. The normalized spacial score (nSPS) is 11.7. The number of anilines is 1. The van der Waals surface area contributed by atoms with Gasteiger partial charge in [0.1, 0.15) is 4.90 Å². The number of nitrogens with one attached hydrogen (secondary N) is 1. The van der Waals surface area contributed by atoms with E-state index in [1.807, 2.05) is 35.7 Å². The van der Waals surface area contributed by atoms with Gasteiger partial charge in [0.25, 0.3) is 0 Å². The Hall–Kier alpha value is -2.27. The van der Waals surface area contributed by atoms with Crippen molar-refractivity contribution in [3.05, 3.63) is 60.4 Å². The van der Waals surface area contributed by atoms with E-state index in [4.69, 9.17) is 0 Å². The van der Waals surface area contributed by atoms with Gasteiger partial charge in [0, 0.05) is 18.9 Å². The molecule has 4 nitrogen and oxygen atoms in total. The van der Waals surface area contributed by atoms with Crippen molar-refractivity contribution in [1.29, 1.82) is 0 Å². The van der Waals surface area contributed by atoms with Crippen LogP contribution >= 0.6 is 0 Å². The molecule has 3 aromatic rings. The van der Waals surface area contributed by atoms with Crippen molar-refractivity contribution in [3.63, 3.8) is 0 Å². The number of aryl methyl sites for hydroxylation is 1. The number of aromatic nitrogens is 1. The van der Waals surface area contributed by atoms with E-state index in [-0.39, 0.29) is 0 Å². The molecule has 0 unspecified atom stereocenters. The summed E-state index contributed by atoms with van der Waals surface area (Å²) >= 11 is 0.